The summed E-state index contributed by atoms with van der Waals surface area (Å²) in [6, 6.07) is 6.90. The molecule has 5 heteroatoms. The van der Waals surface area contributed by atoms with E-state index in [1.807, 2.05) is 6.07 Å². The molecule has 0 spiro atoms. The molecule has 1 heterocycles. The summed E-state index contributed by atoms with van der Waals surface area (Å²) in [4.78, 5) is 0. The van der Waals surface area contributed by atoms with E-state index in [1.54, 1.807) is 19.1 Å². The standard InChI is InChI=1S/C15H19FN2O2/c1-10(2)17-8-12-7-14(20-18-12)9-19-13-4-5-15(16)11(3)6-13/h4-7,10,17H,8-9H2,1-3H3. The molecule has 108 valence electrons. The SMILES string of the molecule is Cc1cc(OCc2cc(CNC(C)C)no2)ccc1F. The van der Waals surface area contributed by atoms with E-state index < -0.39 is 0 Å². The normalized spacial score (nSPS) is 11.1. The lowest BCUT2D eigenvalue weighted by molar-refractivity contribution is 0.248. The quantitative estimate of drug-likeness (QED) is 0.881. The fourth-order valence-electron chi connectivity index (χ4n) is 1.68. The molecule has 0 unspecified atom stereocenters. The molecule has 1 aromatic heterocycles. The summed E-state index contributed by atoms with van der Waals surface area (Å²) in [7, 11) is 0. The van der Waals surface area contributed by atoms with Crippen LogP contribution in [-0.2, 0) is 13.2 Å². The Hall–Kier alpha value is -1.88. The van der Waals surface area contributed by atoms with Gasteiger partial charge in [-0.25, -0.2) is 4.39 Å². The van der Waals surface area contributed by atoms with E-state index in [0.717, 1.165) is 5.69 Å². The molecule has 2 rings (SSSR count). The van der Waals surface area contributed by atoms with Gasteiger partial charge in [-0.3, -0.25) is 0 Å². The minimum atomic E-state index is -0.237. The average molecular weight is 278 g/mol. The van der Waals surface area contributed by atoms with Crippen molar-refractivity contribution in [3.8, 4) is 5.75 Å². The third-order valence-corrected chi connectivity index (χ3v) is 2.81. The highest BCUT2D eigenvalue weighted by molar-refractivity contribution is 5.28. The van der Waals surface area contributed by atoms with E-state index in [1.165, 1.54) is 6.07 Å². The second-order valence-corrected chi connectivity index (χ2v) is 5.02. The van der Waals surface area contributed by atoms with Crippen molar-refractivity contribution in [3.63, 3.8) is 0 Å². The van der Waals surface area contributed by atoms with E-state index in [4.69, 9.17) is 9.26 Å². The first kappa shape index (κ1) is 14.5. The van der Waals surface area contributed by atoms with Crippen molar-refractivity contribution in [1.29, 1.82) is 0 Å². The van der Waals surface area contributed by atoms with Crippen LogP contribution < -0.4 is 10.1 Å². The van der Waals surface area contributed by atoms with Crippen LogP contribution in [0.2, 0.25) is 0 Å². The molecule has 0 bridgehead atoms. The van der Waals surface area contributed by atoms with Gasteiger partial charge in [0.25, 0.3) is 0 Å². The molecular formula is C15H19FN2O2. The summed E-state index contributed by atoms with van der Waals surface area (Å²) < 4.78 is 23.9. The van der Waals surface area contributed by atoms with Crippen LogP contribution >= 0.6 is 0 Å². The molecule has 20 heavy (non-hydrogen) atoms. The van der Waals surface area contributed by atoms with Crippen LogP contribution in [0.5, 0.6) is 5.75 Å². The average Bonchev–Trinajstić information content (AvgIpc) is 2.86. The smallest absolute Gasteiger partial charge is 0.174 e. The molecular weight excluding hydrogens is 259 g/mol. The van der Waals surface area contributed by atoms with Gasteiger partial charge < -0.3 is 14.6 Å². The molecule has 0 atom stereocenters. The number of hydrogen-bond acceptors (Lipinski definition) is 4. The van der Waals surface area contributed by atoms with Crippen LogP contribution in [0.4, 0.5) is 4.39 Å². The minimum Gasteiger partial charge on any atom is -0.486 e. The van der Waals surface area contributed by atoms with Gasteiger partial charge in [0.05, 0.1) is 5.69 Å². The van der Waals surface area contributed by atoms with Crippen molar-refractivity contribution in [2.45, 2.75) is 40.0 Å². The van der Waals surface area contributed by atoms with Gasteiger partial charge in [0.2, 0.25) is 0 Å². The van der Waals surface area contributed by atoms with E-state index in [9.17, 15) is 4.39 Å². The lowest BCUT2D eigenvalue weighted by Gasteiger charge is -2.05. The first-order chi connectivity index (χ1) is 9.54. The summed E-state index contributed by atoms with van der Waals surface area (Å²) in [6.07, 6.45) is 0. The first-order valence-corrected chi connectivity index (χ1v) is 6.61. The van der Waals surface area contributed by atoms with Crippen molar-refractivity contribution < 1.29 is 13.7 Å². The minimum absolute atomic E-state index is 0.237. The molecule has 0 saturated carbocycles. The van der Waals surface area contributed by atoms with Gasteiger partial charge in [0, 0.05) is 18.7 Å². The predicted molar refractivity (Wildman–Crippen MR) is 73.9 cm³/mol. The van der Waals surface area contributed by atoms with Gasteiger partial charge in [-0.05, 0) is 30.7 Å². The van der Waals surface area contributed by atoms with Crippen molar-refractivity contribution >= 4 is 0 Å². The van der Waals surface area contributed by atoms with Gasteiger partial charge >= 0.3 is 0 Å². The van der Waals surface area contributed by atoms with Gasteiger partial charge in [-0.2, -0.15) is 0 Å². The van der Waals surface area contributed by atoms with Crippen LogP contribution in [0.25, 0.3) is 0 Å². The largest absolute Gasteiger partial charge is 0.486 e. The number of nitrogens with one attached hydrogen (secondary N) is 1. The summed E-state index contributed by atoms with van der Waals surface area (Å²) in [5.74, 6) is 1.02. The van der Waals surface area contributed by atoms with Crippen LogP contribution in [-0.4, -0.2) is 11.2 Å². The highest BCUT2D eigenvalue weighted by Gasteiger charge is 2.06. The zero-order chi connectivity index (χ0) is 14.5. The van der Waals surface area contributed by atoms with Crippen molar-refractivity contribution in [2.24, 2.45) is 0 Å². The molecule has 2 aromatic rings. The molecule has 1 aromatic carbocycles. The highest BCUT2D eigenvalue weighted by atomic mass is 19.1. The summed E-state index contributed by atoms with van der Waals surface area (Å²) in [6.45, 7) is 6.78. The number of rotatable bonds is 6. The Labute approximate surface area is 117 Å². The molecule has 1 N–H and O–H groups in total. The number of halogens is 1. The molecule has 0 radical (unpaired) electrons. The van der Waals surface area contributed by atoms with Gasteiger partial charge in [-0.15, -0.1) is 0 Å². The third kappa shape index (κ3) is 4.06. The van der Waals surface area contributed by atoms with Crippen molar-refractivity contribution in [1.82, 2.24) is 10.5 Å². The summed E-state index contributed by atoms with van der Waals surface area (Å²) in [5.41, 5.74) is 1.40. The van der Waals surface area contributed by atoms with E-state index in [0.29, 0.717) is 29.7 Å². The molecule has 0 aliphatic heterocycles. The second-order valence-electron chi connectivity index (χ2n) is 5.02. The van der Waals surface area contributed by atoms with Gasteiger partial charge in [0.15, 0.2) is 5.76 Å². The van der Waals surface area contributed by atoms with Gasteiger partial charge in [-0.1, -0.05) is 19.0 Å². The lowest BCUT2D eigenvalue weighted by Crippen LogP contribution is -2.21. The van der Waals surface area contributed by atoms with Crippen LogP contribution in [0.1, 0.15) is 30.9 Å². The summed E-state index contributed by atoms with van der Waals surface area (Å²) in [5, 5.41) is 7.21. The highest BCUT2D eigenvalue weighted by Crippen LogP contribution is 2.17. The molecule has 0 aliphatic rings. The maximum Gasteiger partial charge on any atom is 0.174 e. The second kappa shape index (κ2) is 6.52. The number of aryl methyl sites for hydroxylation is 1. The Morgan fingerprint density at radius 1 is 1.35 bits per heavy atom. The molecule has 0 aliphatic carbocycles. The zero-order valence-corrected chi connectivity index (χ0v) is 11.9. The number of aromatic nitrogens is 1. The molecule has 0 amide bonds. The van der Waals surface area contributed by atoms with E-state index >= 15 is 0 Å². The Balaban J connectivity index is 1.89. The topological polar surface area (TPSA) is 47.3 Å². The Bertz CT molecular complexity index is 567. The van der Waals surface area contributed by atoms with E-state index in [-0.39, 0.29) is 12.4 Å². The van der Waals surface area contributed by atoms with Crippen molar-refractivity contribution in [3.05, 3.63) is 47.1 Å². The third-order valence-electron chi connectivity index (χ3n) is 2.81. The van der Waals surface area contributed by atoms with Crippen LogP contribution in [0, 0.1) is 12.7 Å². The fourth-order valence-corrected chi connectivity index (χ4v) is 1.68. The fraction of sp³-hybridized carbons (Fsp3) is 0.400. The van der Waals surface area contributed by atoms with Crippen LogP contribution in [0.15, 0.2) is 28.8 Å². The van der Waals surface area contributed by atoms with Crippen LogP contribution in [0.3, 0.4) is 0 Å². The zero-order valence-electron chi connectivity index (χ0n) is 11.9. The lowest BCUT2D eigenvalue weighted by atomic mass is 10.2. The first-order valence-electron chi connectivity index (χ1n) is 6.61. The number of benzene rings is 1. The van der Waals surface area contributed by atoms with Crippen molar-refractivity contribution in [2.75, 3.05) is 0 Å². The Morgan fingerprint density at radius 2 is 2.15 bits per heavy atom. The molecule has 0 fully saturated rings. The number of ether oxygens (including phenoxy) is 1. The molecule has 4 nitrogen and oxygen atoms in total. The number of nitrogens with zero attached hydrogens (tertiary/aromatic N) is 1. The number of hydrogen-bond donors (Lipinski definition) is 1. The maximum atomic E-state index is 13.1. The predicted octanol–water partition coefficient (Wildman–Crippen LogP) is 3.20. The summed E-state index contributed by atoms with van der Waals surface area (Å²) >= 11 is 0. The Morgan fingerprint density at radius 3 is 2.85 bits per heavy atom. The molecule has 0 saturated heterocycles. The van der Waals surface area contributed by atoms with E-state index in [2.05, 4.69) is 24.3 Å². The maximum absolute atomic E-state index is 13.1. The monoisotopic (exact) mass is 278 g/mol. The Kier molecular flexibility index (Phi) is 4.74. The van der Waals surface area contributed by atoms with Gasteiger partial charge in [0.1, 0.15) is 18.2 Å².